The number of carbonyl (C=O) groups is 1. The van der Waals surface area contributed by atoms with Crippen LogP contribution >= 0.6 is 11.6 Å². The molecule has 0 bridgehead atoms. The molecule has 168 valence electrons. The summed E-state index contributed by atoms with van der Waals surface area (Å²) >= 11 is 5.88. The maximum atomic E-state index is 13.0. The molecule has 1 aliphatic heterocycles. The van der Waals surface area contributed by atoms with Gasteiger partial charge in [0.25, 0.3) is 5.91 Å². The van der Waals surface area contributed by atoms with Crippen molar-refractivity contribution in [3.63, 3.8) is 0 Å². The Labute approximate surface area is 189 Å². The first-order valence-corrected chi connectivity index (χ1v) is 12.0. The molecule has 0 aliphatic carbocycles. The van der Waals surface area contributed by atoms with E-state index in [0.717, 1.165) is 13.1 Å². The SMILES string of the molecule is CCOc1ccc(C(=O)N2CCN(C)CC2)cc1CN(C)S(=O)(=O)c1ccc(Cl)cc1. The number of likely N-dealkylation sites (N-methyl/N-ethyl adjacent to an activating group) is 1. The summed E-state index contributed by atoms with van der Waals surface area (Å²) in [5.74, 6) is 0.510. The summed E-state index contributed by atoms with van der Waals surface area (Å²) in [7, 11) is -0.183. The van der Waals surface area contributed by atoms with Gasteiger partial charge >= 0.3 is 0 Å². The lowest BCUT2D eigenvalue weighted by Crippen LogP contribution is -2.47. The lowest BCUT2D eigenvalue weighted by atomic mass is 10.1. The highest BCUT2D eigenvalue weighted by molar-refractivity contribution is 7.89. The van der Waals surface area contributed by atoms with Gasteiger partial charge in [-0.25, -0.2) is 8.42 Å². The molecule has 1 fully saturated rings. The number of hydrogen-bond donors (Lipinski definition) is 0. The van der Waals surface area contributed by atoms with Gasteiger partial charge in [-0.05, 0) is 56.4 Å². The second-order valence-corrected chi connectivity index (χ2v) is 10.0. The van der Waals surface area contributed by atoms with Crippen LogP contribution in [0.15, 0.2) is 47.4 Å². The predicted octanol–water partition coefficient (Wildman–Crippen LogP) is 2.95. The van der Waals surface area contributed by atoms with Crippen LogP contribution in [0.2, 0.25) is 5.02 Å². The Morgan fingerprint density at radius 2 is 1.74 bits per heavy atom. The van der Waals surface area contributed by atoms with E-state index in [2.05, 4.69) is 4.90 Å². The molecule has 3 rings (SSSR count). The fourth-order valence-corrected chi connectivity index (χ4v) is 4.71. The van der Waals surface area contributed by atoms with Crippen LogP contribution in [-0.4, -0.2) is 75.3 Å². The Bertz CT molecular complexity index is 1020. The van der Waals surface area contributed by atoms with Gasteiger partial charge < -0.3 is 14.5 Å². The topological polar surface area (TPSA) is 70.2 Å². The van der Waals surface area contributed by atoms with Crippen molar-refractivity contribution in [2.75, 3.05) is 46.9 Å². The number of sulfonamides is 1. The molecular formula is C22H28ClN3O4S. The number of benzene rings is 2. The third-order valence-electron chi connectivity index (χ3n) is 5.31. The number of piperazine rings is 1. The van der Waals surface area contributed by atoms with E-state index in [0.29, 0.717) is 41.6 Å². The molecule has 31 heavy (non-hydrogen) atoms. The number of rotatable bonds is 7. The van der Waals surface area contributed by atoms with Gasteiger partial charge in [-0.2, -0.15) is 4.31 Å². The second kappa shape index (κ2) is 9.99. The number of halogens is 1. The number of nitrogens with zero attached hydrogens (tertiary/aromatic N) is 3. The fourth-order valence-electron chi connectivity index (χ4n) is 3.44. The smallest absolute Gasteiger partial charge is 0.253 e. The van der Waals surface area contributed by atoms with E-state index in [1.165, 1.54) is 23.5 Å². The number of ether oxygens (including phenoxy) is 1. The highest BCUT2D eigenvalue weighted by Gasteiger charge is 2.24. The first-order chi connectivity index (χ1) is 14.7. The summed E-state index contributed by atoms with van der Waals surface area (Å²) in [6, 6.07) is 11.3. The van der Waals surface area contributed by atoms with E-state index in [1.54, 1.807) is 30.3 Å². The summed E-state index contributed by atoms with van der Waals surface area (Å²) in [6.07, 6.45) is 0. The third-order valence-corrected chi connectivity index (χ3v) is 7.38. The molecule has 0 N–H and O–H groups in total. The van der Waals surface area contributed by atoms with Gasteiger partial charge in [0.15, 0.2) is 0 Å². The van der Waals surface area contributed by atoms with Gasteiger partial charge in [0.2, 0.25) is 10.0 Å². The summed E-state index contributed by atoms with van der Waals surface area (Å²) < 4.78 is 32.9. The molecule has 2 aromatic carbocycles. The molecule has 1 amide bonds. The lowest BCUT2D eigenvalue weighted by molar-refractivity contribution is 0.0664. The van der Waals surface area contributed by atoms with Gasteiger partial charge in [0.1, 0.15) is 5.75 Å². The maximum Gasteiger partial charge on any atom is 0.253 e. The summed E-state index contributed by atoms with van der Waals surface area (Å²) in [6.45, 7) is 5.37. The zero-order valence-corrected chi connectivity index (χ0v) is 19.6. The van der Waals surface area contributed by atoms with Gasteiger partial charge in [-0.1, -0.05) is 11.6 Å². The van der Waals surface area contributed by atoms with E-state index in [-0.39, 0.29) is 17.3 Å². The van der Waals surface area contributed by atoms with Crippen LogP contribution in [0, 0.1) is 0 Å². The van der Waals surface area contributed by atoms with Crippen LogP contribution in [0.25, 0.3) is 0 Å². The molecule has 2 aromatic rings. The summed E-state index contributed by atoms with van der Waals surface area (Å²) in [5, 5.41) is 0.468. The molecular weight excluding hydrogens is 438 g/mol. The van der Waals surface area contributed by atoms with Crippen LogP contribution in [0.3, 0.4) is 0 Å². The fraction of sp³-hybridized carbons (Fsp3) is 0.409. The zero-order valence-electron chi connectivity index (χ0n) is 18.0. The molecule has 0 saturated carbocycles. The number of amides is 1. The minimum Gasteiger partial charge on any atom is -0.494 e. The Balaban J connectivity index is 1.85. The highest BCUT2D eigenvalue weighted by Crippen LogP contribution is 2.26. The molecule has 0 radical (unpaired) electrons. The molecule has 0 atom stereocenters. The second-order valence-electron chi connectivity index (χ2n) is 7.57. The highest BCUT2D eigenvalue weighted by atomic mass is 35.5. The average molecular weight is 466 g/mol. The molecule has 0 unspecified atom stereocenters. The summed E-state index contributed by atoms with van der Waals surface area (Å²) in [4.78, 5) is 17.2. The van der Waals surface area contributed by atoms with Crippen molar-refractivity contribution in [1.82, 2.24) is 14.1 Å². The van der Waals surface area contributed by atoms with Crippen LogP contribution in [0.1, 0.15) is 22.8 Å². The molecule has 9 heteroatoms. The number of carbonyl (C=O) groups excluding carboxylic acids is 1. The quantitative estimate of drug-likeness (QED) is 0.628. The average Bonchev–Trinajstić information content (AvgIpc) is 2.75. The monoisotopic (exact) mass is 465 g/mol. The van der Waals surface area contributed by atoms with Crippen molar-refractivity contribution in [2.24, 2.45) is 0 Å². The molecule has 0 spiro atoms. The predicted molar refractivity (Wildman–Crippen MR) is 121 cm³/mol. The molecule has 1 heterocycles. The first-order valence-electron chi connectivity index (χ1n) is 10.2. The largest absolute Gasteiger partial charge is 0.494 e. The van der Waals surface area contributed by atoms with Crippen LogP contribution < -0.4 is 4.74 Å². The summed E-state index contributed by atoms with van der Waals surface area (Å²) in [5.41, 5.74) is 1.17. The lowest BCUT2D eigenvalue weighted by Gasteiger charge is -2.32. The third kappa shape index (κ3) is 5.57. The van der Waals surface area contributed by atoms with Crippen molar-refractivity contribution < 1.29 is 17.9 Å². The number of hydrogen-bond acceptors (Lipinski definition) is 5. The minimum absolute atomic E-state index is 0.0550. The van der Waals surface area contributed by atoms with Crippen LogP contribution in [0.4, 0.5) is 0 Å². The van der Waals surface area contributed by atoms with Crippen LogP contribution in [0.5, 0.6) is 5.75 Å². The standard InChI is InChI=1S/C22H28ClN3O4S/c1-4-30-21-10-5-17(22(27)26-13-11-24(2)12-14-26)15-18(21)16-25(3)31(28,29)20-8-6-19(23)7-9-20/h5-10,15H,4,11-14,16H2,1-3H3. The molecule has 0 aromatic heterocycles. The molecule has 7 nitrogen and oxygen atoms in total. The van der Waals surface area contributed by atoms with Crippen molar-refractivity contribution in [1.29, 1.82) is 0 Å². The van der Waals surface area contributed by atoms with E-state index >= 15 is 0 Å². The van der Waals surface area contributed by atoms with Gasteiger partial charge in [-0.3, -0.25) is 4.79 Å². The van der Waals surface area contributed by atoms with E-state index in [4.69, 9.17) is 16.3 Å². The Hall–Kier alpha value is -2.13. The van der Waals surface area contributed by atoms with Gasteiger partial charge in [-0.15, -0.1) is 0 Å². The Morgan fingerprint density at radius 1 is 1.10 bits per heavy atom. The van der Waals surface area contributed by atoms with Crippen molar-refractivity contribution >= 4 is 27.5 Å². The van der Waals surface area contributed by atoms with Gasteiger partial charge in [0, 0.05) is 55.9 Å². The van der Waals surface area contributed by atoms with E-state index < -0.39 is 10.0 Å². The van der Waals surface area contributed by atoms with E-state index in [9.17, 15) is 13.2 Å². The van der Waals surface area contributed by atoms with Crippen molar-refractivity contribution in [3.8, 4) is 5.75 Å². The van der Waals surface area contributed by atoms with Crippen molar-refractivity contribution in [3.05, 3.63) is 58.6 Å². The van der Waals surface area contributed by atoms with Gasteiger partial charge in [0.05, 0.1) is 11.5 Å². The van der Waals surface area contributed by atoms with Crippen molar-refractivity contribution in [2.45, 2.75) is 18.4 Å². The molecule has 1 aliphatic rings. The normalized spacial score (nSPS) is 15.3. The minimum atomic E-state index is -3.73. The van der Waals surface area contributed by atoms with Crippen LogP contribution in [-0.2, 0) is 16.6 Å². The Morgan fingerprint density at radius 3 is 2.35 bits per heavy atom. The first kappa shape index (κ1) is 23.5. The van der Waals surface area contributed by atoms with E-state index in [1.807, 2.05) is 18.9 Å². The molecule has 1 saturated heterocycles. The zero-order chi connectivity index (χ0) is 22.6. The maximum absolute atomic E-state index is 13.0. The Kier molecular flexibility index (Phi) is 7.59.